The molecule has 1 N–H and O–H groups in total. The van der Waals surface area contributed by atoms with Gasteiger partial charge in [0.15, 0.2) is 9.84 Å². The van der Waals surface area contributed by atoms with E-state index in [0.717, 1.165) is 43.5 Å². The third kappa shape index (κ3) is 4.96. The van der Waals surface area contributed by atoms with E-state index in [1.54, 1.807) is 12.1 Å². The lowest BCUT2D eigenvalue weighted by Crippen LogP contribution is -2.46. The number of hydrogen-bond donors (Lipinski definition) is 1. The Balaban J connectivity index is 1.68. The van der Waals surface area contributed by atoms with Crippen LogP contribution < -0.4 is 10.2 Å². The van der Waals surface area contributed by atoms with E-state index < -0.39 is 9.84 Å². The van der Waals surface area contributed by atoms with E-state index in [1.807, 2.05) is 31.2 Å². The molecular weight excluding hydrogens is 411 g/mol. The number of sulfone groups is 1. The van der Waals surface area contributed by atoms with Gasteiger partial charge in [-0.05, 0) is 66.1 Å². The van der Waals surface area contributed by atoms with Gasteiger partial charge in [0, 0.05) is 25.9 Å². The monoisotopic (exact) mass is 444 g/mol. The third-order valence-electron chi connectivity index (χ3n) is 6.84. The van der Waals surface area contributed by atoms with E-state index in [1.165, 1.54) is 31.1 Å². The third-order valence-corrected chi connectivity index (χ3v) is 7.95. The second kappa shape index (κ2) is 9.29. The molecule has 31 heavy (non-hydrogen) atoms. The molecule has 2 aliphatic rings. The van der Waals surface area contributed by atoms with Crippen molar-refractivity contribution in [3.05, 3.63) is 58.9 Å². The SMILES string of the molecule is CCc1ccc(N2CCNC(c3cc(S(C)(=O)=O)ccc3C3CCCCC3)C2)c(F)c1. The Kier molecular flexibility index (Phi) is 6.68. The number of anilines is 1. The Morgan fingerprint density at radius 2 is 1.84 bits per heavy atom. The van der Waals surface area contributed by atoms with E-state index in [9.17, 15) is 12.8 Å². The summed E-state index contributed by atoms with van der Waals surface area (Å²) >= 11 is 0. The lowest BCUT2D eigenvalue weighted by molar-refractivity contribution is 0.426. The summed E-state index contributed by atoms with van der Waals surface area (Å²) in [6.07, 6.45) is 8.08. The first-order valence-corrected chi connectivity index (χ1v) is 13.4. The number of aryl methyl sites for hydroxylation is 1. The first-order chi connectivity index (χ1) is 14.9. The minimum atomic E-state index is -3.29. The molecule has 1 aliphatic carbocycles. The molecule has 2 aromatic rings. The summed E-state index contributed by atoms with van der Waals surface area (Å²) in [5, 5.41) is 3.58. The Morgan fingerprint density at radius 3 is 2.52 bits per heavy atom. The second-order valence-electron chi connectivity index (χ2n) is 8.99. The van der Waals surface area contributed by atoms with Gasteiger partial charge in [-0.3, -0.25) is 0 Å². The van der Waals surface area contributed by atoms with E-state index in [2.05, 4.69) is 10.2 Å². The van der Waals surface area contributed by atoms with Gasteiger partial charge in [-0.15, -0.1) is 0 Å². The molecule has 1 saturated carbocycles. The summed E-state index contributed by atoms with van der Waals surface area (Å²) in [4.78, 5) is 2.45. The van der Waals surface area contributed by atoms with Gasteiger partial charge in [-0.25, -0.2) is 12.8 Å². The van der Waals surface area contributed by atoms with Crippen LogP contribution in [0.25, 0.3) is 0 Å². The summed E-state index contributed by atoms with van der Waals surface area (Å²) in [5.74, 6) is 0.285. The summed E-state index contributed by atoms with van der Waals surface area (Å²) in [7, 11) is -3.29. The average Bonchev–Trinajstić information content (AvgIpc) is 2.78. The first kappa shape index (κ1) is 22.3. The van der Waals surface area contributed by atoms with Crippen molar-refractivity contribution in [1.29, 1.82) is 0 Å². The van der Waals surface area contributed by atoms with Crippen molar-refractivity contribution >= 4 is 15.5 Å². The number of halogens is 1. The van der Waals surface area contributed by atoms with Crippen molar-refractivity contribution < 1.29 is 12.8 Å². The molecule has 168 valence electrons. The highest BCUT2D eigenvalue weighted by Crippen LogP contribution is 2.38. The van der Waals surface area contributed by atoms with Gasteiger partial charge in [-0.1, -0.05) is 38.3 Å². The van der Waals surface area contributed by atoms with Gasteiger partial charge in [0.2, 0.25) is 0 Å². The number of nitrogens with zero attached hydrogens (tertiary/aromatic N) is 1. The molecule has 2 fully saturated rings. The lowest BCUT2D eigenvalue weighted by atomic mass is 9.80. The van der Waals surface area contributed by atoms with Crippen LogP contribution in [0.1, 0.15) is 67.7 Å². The highest BCUT2D eigenvalue weighted by atomic mass is 32.2. The number of rotatable bonds is 5. The van der Waals surface area contributed by atoms with Gasteiger partial charge in [-0.2, -0.15) is 0 Å². The Morgan fingerprint density at radius 1 is 1.06 bits per heavy atom. The predicted molar refractivity (Wildman–Crippen MR) is 124 cm³/mol. The molecular formula is C25H33FN2O2S. The van der Waals surface area contributed by atoms with Crippen LogP contribution in [-0.4, -0.2) is 34.3 Å². The zero-order valence-electron chi connectivity index (χ0n) is 18.5. The molecule has 4 nitrogen and oxygen atoms in total. The minimum absolute atomic E-state index is 0.0300. The fourth-order valence-electron chi connectivity index (χ4n) is 5.07. The smallest absolute Gasteiger partial charge is 0.175 e. The van der Waals surface area contributed by atoms with Gasteiger partial charge in [0.05, 0.1) is 16.6 Å². The van der Waals surface area contributed by atoms with Crippen molar-refractivity contribution in [3.63, 3.8) is 0 Å². The summed E-state index contributed by atoms with van der Waals surface area (Å²) in [6.45, 7) is 4.10. The topological polar surface area (TPSA) is 49.4 Å². The zero-order chi connectivity index (χ0) is 22.0. The molecule has 6 heteroatoms. The maximum absolute atomic E-state index is 14.8. The molecule has 0 radical (unpaired) electrons. The van der Waals surface area contributed by atoms with Gasteiger partial charge >= 0.3 is 0 Å². The van der Waals surface area contributed by atoms with Gasteiger partial charge in [0.1, 0.15) is 5.82 Å². The fraction of sp³-hybridized carbons (Fsp3) is 0.520. The van der Waals surface area contributed by atoms with Crippen LogP contribution in [-0.2, 0) is 16.3 Å². The lowest BCUT2D eigenvalue weighted by Gasteiger charge is -2.37. The molecule has 1 unspecified atom stereocenters. The highest BCUT2D eigenvalue weighted by molar-refractivity contribution is 7.90. The molecule has 1 atom stereocenters. The van der Waals surface area contributed by atoms with E-state index in [4.69, 9.17) is 0 Å². The molecule has 2 aromatic carbocycles. The number of benzene rings is 2. The predicted octanol–water partition coefficient (Wildman–Crippen LogP) is 4.99. The molecule has 0 amide bonds. The Bertz CT molecular complexity index is 1030. The molecule has 4 rings (SSSR count). The normalized spacial score (nSPS) is 20.7. The van der Waals surface area contributed by atoms with Gasteiger partial charge in [0.25, 0.3) is 0 Å². The van der Waals surface area contributed by atoms with Crippen molar-refractivity contribution in [2.45, 2.75) is 62.3 Å². The maximum atomic E-state index is 14.8. The molecule has 0 spiro atoms. The minimum Gasteiger partial charge on any atom is -0.366 e. The molecule has 0 aromatic heterocycles. The highest BCUT2D eigenvalue weighted by Gasteiger charge is 2.28. The van der Waals surface area contributed by atoms with E-state index >= 15 is 0 Å². The maximum Gasteiger partial charge on any atom is 0.175 e. The van der Waals surface area contributed by atoms with Gasteiger partial charge < -0.3 is 10.2 Å². The largest absolute Gasteiger partial charge is 0.366 e. The molecule has 1 saturated heterocycles. The summed E-state index contributed by atoms with van der Waals surface area (Å²) in [5.41, 5.74) is 3.94. The molecule has 1 heterocycles. The fourth-order valence-corrected chi connectivity index (χ4v) is 5.73. The quantitative estimate of drug-likeness (QED) is 0.706. The number of piperazine rings is 1. The molecule has 1 aliphatic heterocycles. The first-order valence-electron chi connectivity index (χ1n) is 11.5. The van der Waals surface area contributed by atoms with Crippen molar-refractivity contribution in [1.82, 2.24) is 5.32 Å². The van der Waals surface area contributed by atoms with Crippen LogP contribution >= 0.6 is 0 Å². The Hall–Kier alpha value is -1.92. The zero-order valence-corrected chi connectivity index (χ0v) is 19.3. The average molecular weight is 445 g/mol. The van der Waals surface area contributed by atoms with E-state index in [0.29, 0.717) is 23.0 Å². The number of nitrogens with one attached hydrogen (secondary N) is 1. The van der Waals surface area contributed by atoms with Crippen LogP contribution in [0.4, 0.5) is 10.1 Å². The van der Waals surface area contributed by atoms with Crippen molar-refractivity contribution in [2.75, 3.05) is 30.8 Å². The van der Waals surface area contributed by atoms with Crippen LogP contribution in [0.5, 0.6) is 0 Å². The van der Waals surface area contributed by atoms with Crippen LogP contribution in [0.3, 0.4) is 0 Å². The summed E-state index contributed by atoms with van der Waals surface area (Å²) in [6, 6.07) is 11.1. The number of hydrogen-bond acceptors (Lipinski definition) is 4. The van der Waals surface area contributed by atoms with Crippen molar-refractivity contribution in [3.8, 4) is 0 Å². The van der Waals surface area contributed by atoms with Crippen LogP contribution in [0.15, 0.2) is 41.3 Å². The van der Waals surface area contributed by atoms with E-state index in [-0.39, 0.29) is 11.9 Å². The van der Waals surface area contributed by atoms with Crippen LogP contribution in [0, 0.1) is 5.82 Å². The second-order valence-corrected chi connectivity index (χ2v) is 11.0. The molecule has 0 bridgehead atoms. The summed E-state index contributed by atoms with van der Waals surface area (Å²) < 4.78 is 39.3. The Labute approximate surface area is 185 Å². The van der Waals surface area contributed by atoms with Crippen molar-refractivity contribution in [2.24, 2.45) is 0 Å². The standard InChI is InChI=1S/C25H33FN2O2S/c1-3-18-9-12-25(23(26)15-18)28-14-13-27-24(17-28)22-16-20(31(2,29)30)10-11-21(22)19-7-5-4-6-8-19/h9-12,15-16,19,24,27H,3-8,13-14,17H2,1-2H3. The van der Waals surface area contributed by atoms with Crippen LogP contribution in [0.2, 0.25) is 0 Å².